The first-order valence-electron chi connectivity index (χ1n) is 6.78. The van der Waals surface area contributed by atoms with Crippen LogP contribution in [0.4, 0.5) is 11.4 Å². The smallest absolute Gasteiger partial charge is 0.292 e. The van der Waals surface area contributed by atoms with Crippen LogP contribution in [-0.2, 0) is 5.75 Å². The molecule has 0 aliphatic heterocycles. The molecule has 1 rings (SSSR count). The molecule has 1 N–H and O–H groups in total. The van der Waals surface area contributed by atoms with Gasteiger partial charge in [0.25, 0.3) is 5.69 Å². The molecule has 0 bridgehead atoms. The number of hydrogen-bond acceptors (Lipinski definition) is 4. The van der Waals surface area contributed by atoms with Gasteiger partial charge < -0.3 is 5.32 Å². The summed E-state index contributed by atoms with van der Waals surface area (Å²) < 4.78 is 0. The first-order chi connectivity index (χ1) is 9.19. The Morgan fingerprint density at radius 1 is 1.32 bits per heavy atom. The van der Waals surface area contributed by atoms with Crippen LogP contribution in [0.2, 0.25) is 0 Å². The van der Waals surface area contributed by atoms with Gasteiger partial charge in [-0.15, -0.1) is 0 Å². The first kappa shape index (κ1) is 15.8. The topological polar surface area (TPSA) is 55.2 Å². The van der Waals surface area contributed by atoms with Gasteiger partial charge in [0.15, 0.2) is 0 Å². The van der Waals surface area contributed by atoms with E-state index >= 15 is 0 Å². The highest BCUT2D eigenvalue weighted by Gasteiger charge is 2.13. The third-order valence-electron chi connectivity index (χ3n) is 2.79. The second-order valence-corrected chi connectivity index (χ2v) is 5.50. The summed E-state index contributed by atoms with van der Waals surface area (Å²) in [5, 5.41) is 14.0. The van der Waals surface area contributed by atoms with Crippen LogP contribution in [0.15, 0.2) is 18.2 Å². The molecule has 0 atom stereocenters. The van der Waals surface area contributed by atoms with Crippen LogP contribution in [0.3, 0.4) is 0 Å². The number of nitrogens with one attached hydrogen (secondary N) is 1. The average Bonchev–Trinajstić information content (AvgIpc) is 2.39. The Morgan fingerprint density at radius 3 is 2.74 bits per heavy atom. The van der Waals surface area contributed by atoms with Gasteiger partial charge in [0.1, 0.15) is 5.69 Å². The Balaban J connectivity index is 2.59. The minimum atomic E-state index is -0.337. The molecule has 1 aromatic rings. The van der Waals surface area contributed by atoms with Crippen molar-refractivity contribution >= 4 is 23.1 Å². The fraction of sp³-hybridized carbons (Fsp3) is 0.571. The Kier molecular flexibility index (Phi) is 7.33. The summed E-state index contributed by atoms with van der Waals surface area (Å²) in [6.07, 6.45) is 3.76. The molecule has 0 aromatic heterocycles. The summed E-state index contributed by atoms with van der Waals surface area (Å²) in [5.74, 6) is 2.07. The normalized spacial score (nSPS) is 10.4. The highest BCUT2D eigenvalue weighted by Crippen LogP contribution is 2.27. The minimum Gasteiger partial charge on any atom is -0.380 e. The SMILES string of the molecule is CCCCCSCc1ccc([N+](=O)[O-])c(NCC)c1. The lowest BCUT2D eigenvalue weighted by Crippen LogP contribution is -2.01. The number of hydrogen-bond donors (Lipinski definition) is 1. The van der Waals surface area contributed by atoms with Crippen molar-refractivity contribution in [3.05, 3.63) is 33.9 Å². The molecule has 0 heterocycles. The van der Waals surface area contributed by atoms with E-state index in [-0.39, 0.29) is 10.6 Å². The third kappa shape index (κ3) is 5.51. The minimum absolute atomic E-state index is 0.154. The number of nitrogens with zero attached hydrogens (tertiary/aromatic N) is 1. The van der Waals surface area contributed by atoms with Crippen molar-refractivity contribution in [1.29, 1.82) is 0 Å². The molecule has 0 spiro atoms. The molecule has 1 aromatic carbocycles. The van der Waals surface area contributed by atoms with Gasteiger partial charge in [-0.2, -0.15) is 11.8 Å². The van der Waals surface area contributed by atoms with Gasteiger partial charge in [-0.25, -0.2) is 0 Å². The zero-order valence-electron chi connectivity index (χ0n) is 11.6. The third-order valence-corrected chi connectivity index (χ3v) is 3.90. The van der Waals surface area contributed by atoms with E-state index in [1.807, 2.05) is 30.8 Å². The Hall–Kier alpha value is -1.23. The Morgan fingerprint density at radius 2 is 2.11 bits per heavy atom. The van der Waals surface area contributed by atoms with Crippen molar-refractivity contribution in [3.63, 3.8) is 0 Å². The highest BCUT2D eigenvalue weighted by atomic mass is 32.2. The van der Waals surface area contributed by atoms with Crippen LogP contribution < -0.4 is 5.32 Å². The maximum Gasteiger partial charge on any atom is 0.292 e. The van der Waals surface area contributed by atoms with Crippen molar-refractivity contribution < 1.29 is 4.92 Å². The summed E-state index contributed by atoms with van der Waals surface area (Å²) in [6.45, 7) is 4.83. The summed E-state index contributed by atoms with van der Waals surface area (Å²) >= 11 is 1.89. The average molecular weight is 282 g/mol. The van der Waals surface area contributed by atoms with Crippen molar-refractivity contribution in [1.82, 2.24) is 0 Å². The lowest BCUT2D eigenvalue weighted by atomic mass is 10.2. The van der Waals surface area contributed by atoms with E-state index < -0.39 is 0 Å². The fourth-order valence-corrected chi connectivity index (χ4v) is 2.78. The van der Waals surface area contributed by atoms with Gasteiger partial charge in [-0.1, -0.05) is 25.8 Å². The molecule has 0 fully saturated rings. The molecule has 0 amide bonds. The van der Waals surface area contributed by atoms with E-state index in [0.717, 1.165) is 17.1 Å². The maximum absolute atomic E-state index is 10.9. The zero-order chi connectivity index (χ0) is 14.1. The van der Waals surface area contributed by atoms with Crippen LogP contribution in [0, 0.1) is 10.1 Å². The van der Waals surface area contributed by atoms with E-state index in [4.69, 9.17) is 0 Å². The number of anilines is 1. The largest absolute Gasteiger partial charge is 0.380 e. The standard InChI is InChI=1S/C14H22N2O2S/c1-3-5-6-9-19-11-12-7-8-14(16(17)18)13(10-12)15-4-2/h7-8,10,15H,3-6,9,11H2,1-2H3. The highest BCUT2D eigenvalue weighted by molar-refractivity contribution is 7.98. The van der Waals surface area contributed by atoms with Gasteiger partial charge >= 0.3 is 0 Å². The molecule has 0 aliphatic carbocycles. The molecule has 0 saturated carbocycles. The fourth-order valence-electron chi connectivity index (χ4n) is 1.81. The molecule has 0 unspecified atom stereocenters. The predicted molar refractivity (Wildman–Crippen MR) is 82.9 cm³/mol. The number of unbranched alkanes of at least 4 members (excludes halogenated alkanes) is 2. The lowest BCUT2D eigenvalue weighted by Gasteiger charge is -2.07. The molecule has 0 saturated heterocycles. The van der Waals surface area contributed by atoms with Crippen LogP contribution >= 0.6 is 11.8 Å². The van der Waals surface area contributed by atoms with Gasteiger partial charge in [0.05, 0.1) is 4.92 Å². The summed E-state index contributed by atoms with van der Waals surface area (Å²) in [6, 6.07) is 5.35. The number of nitro groups is 1. The Labute approximate surface area is 119 Å². The molecule has 0 aliphatic rings. The molecule has 5 heteroatoms. The quantitative estimate of drug-likeness (QED) is 0.413. The van der Waals surface area contributed by atoms with Crippen LogP contribution in [0.25, 0.3) is 0 Å². The molecule has 19 heavy (non-hydrogen) atoms. The molecule has 0 radical (unpaired) electrons. The first-order valence-corrected chi connectivity index (χ1v) is 7.93. The molecule has 106 valence electrons. The second kappa shape index (κ2) is 8.80. The van der Waals surface area contributed by atoms with Gasteiger partial charge in [0.2, 0.25) is 0 Å². The van der Waals surface area contributed by atoms with E-state index in [9.17, 15) is 10.1 Å². The molecular weight excluding hydrogens is 260 g/mol. The van der Waals surface area contributed by atoms with Crippen molar-refractivity contribution in [2.75, 3.05) is 17.6 Å². The van der Waals surface area contributed by atoms with E-state index in [2.05, 4.69) is 12.2 Å². The second-order valence-electron chi connectivity index (χ2n) is 4.40. The van der Waals surface area contributed by atoms with Gasteiger partial charge in [0, 0.05) is 18.4 Å². The summed E-state index contributed by atoms with van der Waals surface area (Å²) in [4.78, 5) is 10.6. The van der Waals surface area contributed by atoms with Crippen LogP contribution in [0.5, 0.6) is 0 Å². The summed E-state index contributed by atoms with van der Waals surface area (Å²) in [7, 11) is 0. The van der Waals surface area contributed by atoms with Crippen molar-refractivity contribution in [2.45, 2.75) is 38.9 Å². The van der Waals surface area contributed by atoms with E-state index in [1.54, 1.807) is 6.07 Å². The van der Waals surface area contributed by atoms with Gasteiger partial charge in [-0.05, 0) is 30.7 Å². The number of thioether (sulfide) groups is 1. The monoisotopic (exact) mass is 282 g/mol. The molecule has 4 nitrogen and oxygen atoms in total. The molecular formula is C14H22N2O2S. The Bertz CT molecular complexity index is 410. The van der Waals surface area contributed by atoms with E-state index in [1.165, 1.54) is 19.3 Å². The number of nitro benzene ring substituents is 1. The predicted octanol–water partition coefficient (Wildman–Crippen LogP) is 4.45. The summed E-state index contributed by atoms with van der Waals surface area (Å²) in [5.41, 5.74) is 1.92. The lowest BCUT2D eigenvalue weighted by molar-refractivity contribution is -0.384. The van der Waals surface area contributed by atoms with Gasteiger partial charge in [-0.3, -0.25) is 10.1 Å². The maximum atomic E-state index is 10.9. The van der Waals surface area contributed by atoms with E-state index in [0.29, 0.717) is 12.2 Å². The van der Waals surface area contributed by atoms with Crippen LogP contribution in [-0.4, -0.2) is 17.2 Å². The van der Waals surface area contributed by atoms with Crippen LogP contribution in [0.1, 0.15) is 38.7 Å². The van der Waals surface area contributed by atoms with Crippen molar-refractivity contribution in [2.24, 2.45) is 0 Å². The number of rotatable bonds is 9. The zero-order valence-corrected chi connectivity index (χ0v) is 12.5. The number of benzene rings is 1. The van der Waals surface area contributed by atoms with Crippen molar-refractivity contribution in [3.8, 4) is 0 Å².